The number of benzene rings is 2. The topological polar surface area (TPSA) is 72.0 Å². The number of carbonyl (C=O) groups is 1. The van der Waals surface area contributed by atoms with E-state index in [4.69, 9.17) is 0 Å². The van der Waals surface area contributed by atoms with Crippen molar-refractivity contribution in [1.82, 2.24) is 26.1 Å². The minimum atomic E-state index is -0.231. The van der Waals surface area contributed by atoms with Crippen LogP contribution in [0.3, 0.4) is 0 Å². The van der Waals surface area contributed by atoms with E-state index >= 15 is 0 Å². The molecule has 1 fully saturated rings. The Labute approximate surface area is 184 Å². The Bertz CT molecular complexity index is 999. The number of hydrogen-bond acceptors (Lipinski definition) is 7. The Balaban J connectivity index is 1.15. The van der Waals surface area contributed by atoms with Gasteiger partial charge in [0.1, 0.15) is 12.0 Å². The van der Waals surface area contributed by atoms with Gasteiger partial charge in [-0.25, -0.2) is 9.82 Å². The third kappa shape index (κ3) is 4.24. The lowest BCUT2D eigenvalue weighted by Gasteiger charge is -2.36. The summed E-state index contributed by atoms with van der Waals surface area (Å²) in [5, 5.41) is 10.3. The molecule has 3 heterocycles. The average molecular weight is 439 g/mol. The molecule has 3 N–H and O–H groups in total. The van der Waals surface area contributed by atoms with E-state index < -0.39 is 0 Å². The molecule has 0 bridgehead atoms. The van der Waals surface area contributed by atoms with Crippen molar-refractivity contribution in [3.63, 3.8) is 0 Å². The van der Waals surface area contributed by atoms with Crippen LogP contribution in [0.1, 0.15) is 23.6 Å². The predicted molar refractivity (Wildman–Crippen MR) is 119 cm³/mol. The van der Waals surface area contributed by atoms with Crippen LogP contribution in [0.5, 0.6) is 0 Å². The molecule has 0 aromatic heterocycles. The number of fused-ring (bicyclic) bond motifs is 3. The van der Waals surface area contributed by atoms with Gasteiger partial charge in [-0.3, -0.25) is 10.2 Å². The van der Waals surface area contributed by atoms with E-state index in [-0.39, 0.29) is 30.0 Å². The van der Waals surface area contributed by atoms with E-state index in [0.29, 0.717) is 12.3 Å². The van der Waals surface area contributed by atoms with E-state index in [1.165, 1.54) is 23.9 Å². The molecular weight excluding hydrogens is 415 g/mol. The number of carbonyl (C=O) groups excluding carboxylic acids is 1. The van der Waals surface area contributed by atoms with Crippen molar-refractivity contribution in [2.24, 2.45) is 5.10 Å². The lowest BCUT2D eigenvalue weighted by Crippen LogP contribution is -2.54. The Morgan fingerprint density at radius 1 is 1.16 bits per heavy atom. The normalized spacial score (nSPS) is 23.8. The summed E-state index contributed by atoms with van der Waals surface area (Å²) in [7, 11) is 0. The number of amidine groups is 1. The average Bonchev–Trinajstić information content (AvgIpc) is 3.41. The van der Waals surface area contributed by atoms with Crippen LogP contribution < -0.4 is 16.2 Å². The predicted octanol–water partition coefficient (Wildman–Crippen LogP) is 2.48. The van der Waals surface area contributed by atoms with Gasteiger partial charge in [-0.15, -0.1) is 0 Å². The molecule has 0 radical (unpaired) electrons. The third-order valence-electron chi connectivity index (χ3n) is 5.64. The molecular formula is C22H23FN6OS. The summed E-state index contributed by atoms with van der Waals surface area (Å²) >= 11 is 1.42. The standard InChI is InChI=1S/C22H23FN6OS/c23-17-8-6-16(7-9-17)18-12-19-21-25-26-22(28(21)10-11-29(19)27-18)31-14-20(30)24-13-15-4-2-1-3-5-15/h1-11,18-19,21,25,27H,12-14H2,(H,24,30). The Kier molecular flexibility index (Phi) is 5.52. The van der Waals surface area contributed by atoms with Crippen molar-refractivity contribution in [1.29, 1.82) is 0 Å². The second-order valence-corrected chi connectivity index (χ2v) is 8.61. The molecule has 2 aromatic carbocycles. The number of halogens is 1. The number of amides is 1. The highest BCUT2D eigenvalue weighted by Crippen LogP contribution is 2.35. The van der Waals surface area contributed by atoms with Crippen molar-refractivity contribution in [2.75, 3.05) is 5.75 Å². The van der Waals surface area contributed by atoms with Crippen LogP contribution in [0, 0.1) is 5.82 Å². The first kappa shape index (κ1) is 19.9. The zero-order chi connectivity index (χ0) is 21.2. The van der Waals surface area contributed by atoms with Crippen LogP contribution in [-0.2, 0) is 11.3 Å². The van der Waals surface area contributed by atoms with E-state index in [1.54, 1.807) is 0 Å². The minimum absolute atomic E-state index is 0.0159. The molecule has 31 heavy (non-hydrogen) atoms. The molecule has 7 nitrogen and oxygen atoms in total. The largest absolute Gasteiger partial charge is 0.351 e. The molecule has 1 saturated heterocycles. The summed E-state index contributed by atoms with van der Waals surface area (Å²) in [5.74, 6) is 0.0438. The fourth-order valence-corrected chi connectivity index (χ4v) is 4.84. The van der Waals surface area contributed by atoms with Crippen LogP contribution in [0.2, 0.25) is 0 Å². The molecule has 9 heteroatoms. The van der Waals surface area contributed by atoms with E-state index in [0.717, 1.165) is 22.7 Å². The minimum Gasteiger partial charge on any atom is -0.351 e. The summed E-state index contributed by atoms with van der Waals surface area (Å²) in [6.45, 7) is 0.519. The van der Waals surface area contributed by atoms with Gasteiger partial charge < -0.3 is 15.2 Å². The molecule has 0 spiro atoms. The Morgan fingerprint density at radius 3 is 2.77 bits per heavy atom. The molecule has 3 aliphatic rings. The molecule has 0 saturated carbocycles. The van der Waals surface area contributed by atoms with Crippen LogP contribution in [0.25, 0.3) is 0 Å². The van der Waals surface area contributed by atoms with Gasteiger partial charge in [-0.1, -0.05) is 54.2 Å². The first-order chi connectivity index (χ1) is 15.2. The molecule has 3 unspecified atom stereocenters. The van der Waals surface area contributed by atoms with Crippen molar-refractivity contribution < 1.29 is 9.18 Å². The van der Waals surface area contributed by atoms with Gasteiger partial charge in [-0.2, -0.15) is 5.10 Å². The second-order valence-electron chi connectivity index (χ2n) is 7.67. The number of nitrogens with zero attached hydrogens (tertiary/aromatic N) is 3. The summed E-state index contributed by atoms with van der Waals surface area (Å²) in [4.78, 5) is 14.3. The first-order valence-electron chi connectivity index (χ1n) is 10.2. The molecule has 1 amide bonds. The molecule has 3 aliphatic heterocycles. The highest BCUT2D eigenvalue weighted by atomic mass is 32.2. The van der Waals surface area contributed by atoms with Gasteiger partial charge in [0.2, 0.25) is 5.91 Å². The Morgan fingerprint density at radius 2 is 1.97 bits per heavy atom. The number of rotatable bonds is 5. The quantitative estimate of drug-likeness (QED) is 0.666. The highest BCUT2D eigenvalue weighted by molar-refractivity contribution is 8.14. The van der Waals surface area contributed by atoms with Crippen molar-refractivity contribution in [2.45, 2.75) is 31.2 Å². The third-order valence-corrected chi connectivity index (χ3v) is 6.61. The lowest BCUT2D eigenvalue weighted by atomic mass is 10.00. The lowest BCUT2D eigenvalue weighted by molar-refractivity contribution is -0.118. The first-order valence-corrected chi connectivity index (χ1v) is 11.2. The van der Waals surface area contributed by atoms with E-state index in [2.05, 4.69) is 31.2 Å². The van der Waals surface area contributed by atoms with Crippen LogP contribution in [-0.4, -0.2) is 38.9 Å². The Hall–Kier alpha value is -3.04. The monoisotopic (exact) mass is 438 g/mol. The van der Waals surface area contributed by atoms with E-state index in [1.807, 2.05) is 54.9 Å². The molecule has 2 aromatic rings. The van der Waals surface area contributed by atoms with Crippen LogP contribution in [0.15, 0.2) is 72.1 Å². The zero-order valence-electron chi connectivity index (χ0n) is 16.7. The number of hydrazine groups is 1. The molecule has 160 valence electrons. The van der Waals surface area contributed by atoms with Gasteiger partial charge in [-0.05, 0) is 29.7 Å². The number of thioether (sulfide) groups is 1. The highest BCUT2D eigenvalue weighted by Gasteiger charge is 2.44. The van der Waals surface area contributed by atoms with Crippen molar-refractivity contribution in [3.8, 4) is 0 Å². The van der Waals surface area contributed by atoms with Crippen LogP contribution >= 0.6 is 11.8 Å². The van der Waals surface area contributed by atoms with Gasteiger partial charge >= 0.3 is 0 Å². The smallest absolute Gasteiger partial charge is 0.230 e. The molecule has 5 rings (SSSR count). The number of nitrogens with one attached hydrogen (secondary N) is 3. The van der Waals surface area contributed by atoms with Gasteiger partial charge in [0.25, 0.3) is 0 Å². The summed E-state index contributed by atoms with van der Waals surface area (Å²) in [6, 6.07) is 16.7. The fourth-order valence-electron chi connectivity index (χ4n) is 4.04. The maximum Gasteiger partial charge on any atom is 0.230 e. The van der Waals surface area contributed by atoms with Crippen molar-refractivity contribution in [3.05, 3.63) is 83.9 Å². The van der Waals surface area contributed by atoms with Gasteiger partial charge in [0, 0.05) is 18.9 Å². The summed E-state index contributed by atoms with van der Waals surface area (Å²) in [6.07, 6.45) is 4.80. The second kappa shape index (κ2) is 8.60. The maximum absolute atomic E-state index is 13.2. The maximum atomic E-state index is 13.2. The molecule has 3 atom stereocenters. The van der Waals surface area contributed by atoms with Crippen molar-refractivity contribution >= 4 is 22.8 Å². The van der Waals surface area contributed by atoms with E-state index in [9.17, 15) is 9.18 Å². The number of hydrogen-bond donors (Lipinski definition) is 3. The zero-order valence-corrected chi connectivity index (χ0v) is 17.6. The summed E-state index contributed by atoms with van der Waals surface area (Å²) in [5.41, 5.74) is 8.81. The number of hydrazone groups is 1. The van der Waals surface area contributed by atoms with Crippen LogP contribution in [0.4, 0.5) is 4.39 Å². The van der Waals surface area contributed by atoms with Gasteiger partial charge in [0.05, 0.1) is 17.8 Å². The SMILES string of the molecule is O=C(CSC1=NNC2C3CC(c4ccc(F)cc4)NN3C=CN12)NCc1ccccc1. The fraction of sp³-hybridized carbons (Fsp3) is 0.273. The summed E-state index contributed by atoms with van der Waals surface area (Å²) < 4.78 is 13.2. The molecule has 0 aliphatic carbocycles. The van der Waals surface area contributed by atoms with Gasteiger partial charge in [0.15, 0.2) is 5.17 Å².